The van der Waals surface area contributed by atoms with Crippen LogP contribution in [0.15, 0.2) is 12.3 Å². The molecule has 1 aromatic rings. The number of fused-ring (bicyclic) bond motifs is 1. The Morgan fingerprint density at radius 1 is 1.62 bits per heavy atom. The van der Waals surface area contributed by atoms with E-state index < -0.39 is 0 Å². The Balaban J connectivity index is 2.39. The zero-order valence-corrected chi connectivity index (χ0v) is 7.12. The Labute approximate surface area is 75.9 Å². The number of nitrogens with one attached hydrogen (secondary N) is 1. The summed E-state index contributed by atoms with van der Waals surface area (Å²) in [6.07, 6.45) is 4.31. The lowest BCUT2D eigenvalue weighted by molar-refractivity contribution is -0.105. The molecule has 0 fully saturated rings. The van der Waals surface area contributed by atoms with Gasteiger partial charge in [-0.05, 0) is 24.5 Å². The van der Waals surface area contributed by atoms with Gasteiger partial charge in [0.15, 0.2) is 11.6 Å². The predicted octanol–water partition coefficient (Wildman–Crippen LogP) is 0.975. The lowest BCUT2D eigenvalue weighted by Gasteiger charge is -2.18. The van der Waals surface area contributed by atoms with E-state index in [9.17, 15) is 4.79 Å². The van der Waals surface area contributed by atoms with Gasteiger partial charge in [-0.15, -0.1) is 0 Å². The van der Waals surface area contributed by atoms with Gasteiger partial charge in [-0.2, -0.15) is 0 Å². The fourth-order valence-corrected chi connectivity index (χ4v) is 1.44. The molecule has 1 N–H and O–H groups in total. The first-order chi connectivity index (χ1) is 6.42. The summed E-state index contributed by atoms with van der Waals surface area (Å²) in [4.78, 5) is 14.3. The molecule has 0 saturated heterocycles. The van der Waals surface area contributed by atoms with Gasteiger partial charge >= 0.3 is 0 Å². The second-order valence-corrected chi connectivity index (χ2v) is 2.86. The van der Waals surface area contributed by atoms with Crippen LogP contribution < -0.4 is 10.1 Å². The van der Waals surface area contributed by atoms with E-state index >= 15 is 0 Å². The number of rotatable bonds is 2. The number of carbonyl (C=O) groups is 1. The van der Waals surface area contributed by atoms with Gasteiger partial charge < -0.3 is 10.1 Å². The third-order valence-corrected chi connectivity index (χ3v) is 2.02. The van der Waals surface area contributed by atoms with E-state index in [0.717, 1.165) is 24.2 Å². The van der Waals surface area contributed by atoms with Gasteiger partial charge in [-0.1, -0.05) is 0 Å². The highest BCUT2D eigenvalue weighted by atomic mass is 16.5. The van der Waals surface area contributed by atoms with E-state index in [1.54, 1.807) is 6.20 Å². The van der Waals surface area contributed by atoms with Crippen LogP contribution in [-0.4, -0.2) is 18.0 Å². The van der Waals surface area contributed by atoms with E-state index in [2.05, 4.69) is 10.3 Å². The van der Waals surface area contributed by atoms with Gasteiger partial charge in [-0.25, -0.2) is 4.98 Å². The molecule has 4 nitrogen and oxygen atoms in total. The molecule has 2 rings (SSSR count). The van der Waals surface area contributed by atoms with E-state index in [1.165, 1.54) is 0 Å². The lowest BCUT2D eigenvalue weighted by atomic mass is 10.1. The number of hydrogen-bond donors (Lipinski definition) is 1. The fraction of sp³-hybridized carbons (Fsp3) is 0.333. The van der Waals surface area contributed by atoms with Crippen LogP contribution in [-0.2, 0) is 11.2 Å². The van der Waals surface area contributed by atoms with Crippen LogP contribution in [0.5, 0.6) is 5.75 Å². The molecular formula is C9H10N2O2. The zero-order valence-electron chi connectivity index (χ0n) is 7.12. The van der Waals surface area contributed by atoms with Crippen LogP contribution in [0.4, 0.5) is 5.82 Å². The standard InChI is InChI=1S/C9H10N2O2/c12-6-11-9-8-7(3-4-10-9)2-1-5-13-8/h3-4,6H,1-2,5H2,(H,10,11,12). The summed E-state index contributed by atoms with van der Waals surface area (Å²) in [5, 5.41) is 2.52. The van der Waals surface area contributed by atoms with Crippen LogP contribution in [0.3, 0.4) is 0 Å². The molecule has 0 bridgehead atoms. The first-order valence-electron chi connectivity index (χ1n) is 4.22. The molecular weight excluding hydrogens is 168 g/mol. The lowest BCUT2D eigenvalue weighted by Crippen LogP contribution is -2.11. The predicted molar refractivity (Wildman–Crippen MR) is 47.7 cm³/mol. The number of amides is 1. The normalized spacial score (nSPS) is 14.2. The third-order valence-electron chi connectivity index (χ3n) is 2.02. The van der Waals surface area contributed by atoms with Crippen molar-refractivity contribution in [3.8, 4) is 5.75 Å². The molecule has 68 valence electrons. The highest BCUT2D eigenvalue weighted by Gasteiger charge is 2.14. The maximum Gasteiger partial charge on any atom is 0.212 e. The average Bonchev–Trinajstić information content (AvgIpc) is 2.19. The number of carbonyl (C=O) groups excluding carboxylic acids is 1. The zero-order chi connectivity index (χ0) is 9.10. The minimum atomic E-state index is 0.521. The first-order valence-corrected chi connectivity index (χ1v) is 4.22. The molecule has 0 unspecified atom stereocenters. The minimum Gasteiger partial charge on any atom is -0.489 e. The smallest absolute Gasteiger partial charge is 0.212 e. The largest absolute Gasteiger partial charge is 0.489 e. The molecule has 0 aliphatic carbocycles. The first kappa shape index (κ1) is 8.04. The molecule has 4 heteroatoms. The fourth-order valence-electron chi connectivity index (χ4n) is 1.44. The molecule has 13 heavy (non-hydrogen) atoms. The molecule has 0 aromatic carbocycles. The van der Waals surface area contributed by atoms with Crippen molar-refractivity contribution in [2.24, 2.45) is 0 Å². The number of nitrogens with zero attached hydrogens (tertiary/aromatic N) is 1. The second kappa shape index (κ2) is 3.43. The van der Waals surface area contributed by atoms with Gasteiger partial charge in [0.2, 0.25) is 6.41 Å². The molecule has 1 aliphatic rings. The average molecular weight is 178 g/mol. The van der Waals surface area contributed by atoms with Crippen molar-refractivity contribution in [1.29, 1.82) is 0 Å². The summed E-state index contributed by atoms with van der Waals surface area (Å²) in [7, 11) is 0. The Bertz CT molecular complexity index is 325. The topological polar surface area (TPSA) is 51.2 Å². The Morgan fingerprint density at radius 2 is 2.54 bits per heavy atom. The van der Waals surface area contributed by atoms with E-state index in [0.29, 0.717) is 18.8 Å². The summed E-state index contributed by atoms with van der Waals surface area (Å²) in [5.41, 5.74) is 1.12. The number of anilines is 1. The number of aromatic nitrogens is 1. The summed E-state index contributed by atoms with van der Waals surface area (Å²) < 4.78 is 5.42. The molecule has 0 spiro atoms. The number of ether oxygens (including phenoxy) is 1. The SMILES string of the molecule is O=CNc1nccc2c1OCCC2. The molecule has 1 aromatic heterocycles. The minimum absolute atomic E-state index is 0.521. The van der Waals surface area contributed by atoms with Gasteiger partial charge in [0.05, 0.1) is 6.61 Å². The monoisotopic (exact) mass is 178 g/mol. The van der Waals surface area contributed by atoms with E-state index in [1.807, 2.05) is 6.07 Å². The number of hydrogen-bond acceptors (Lipinski definition) is 3. The van der Waals surface area contributed by atoms with Crippen molar-refractivity contribution in [3.05, 3.63) is 17.8 Å². The molecule has 0 radical (unpaired) electrons. The van der Waals surface area contributed by atoms with E-state index in [-0.39, 0.29) is 0 Å². The summed E-state index contributed by atoms with van der Waals surface area (Å²) >= 11 is 0. The van der Waals surface area contributed by atoms with Gasteiger partial charge in [0, 0.05) is 6.20 Å². The highest BCUT2D eigenvalue weighted by molar-refractivity contribution is 5.73. The maximum absolute atomic E-state index is 10.3. The quantitative estimate of drug-likeness (QED) is 0.686. The maximum atomic E-state index is 10.3. The van der Waals surface area contributed by atoms with Gasteiger partial charge in [0.25, 0.3) is 0 Å². The van der Waals surface area contributed by atoms with Crippen LogP contribution >= 0.6 is 0 Å². The molecule has 1 aliphatic heterocycles. The second-order valence-electron chi connectivity index (χ2n) is 2.86. The Morgan fingerprint density at radius 3 is 3.38 bits per heavy atom. The molecule has 1 amide bonds. The van der Waals surface area contributed by atoms with Gasteiger partial charge in [0.1, 0.15) is 0 Å². The Hall–Kier alpha value is -1.58. The van der Waals surface area contributed by atoms with Crippen LogP contribution in [0.1, 0.15) is 12.0 Å². The number of aryl methyl sites for hydroxylation is 1. The van der Waals surface area contributed by atoms with Crippen LogP contribution in [0.2, 0.25) is 0 Å². The van der Waals surface area contributed by atoms with Crippen molar-refractivity contribution in [2.45, 2.75) is 12.8 Å². The summed E-state index contributed by atoms with van der Waals surface area (Å²) in [5.74, 6) is 1.24. The highest BCUT2D eigenvalue weighted by Crippen LogP contribution is 2.30. The Kier molecular flexibility index (Phi) is 2.12. The van der Waals surface area contributed by atoms with Crippen molar-refractivity contribution in [3.63, 3.8) is 0 Å². The summed E-state index contributed by atoms with van der Waals surface area (Å²) in [6.45, 7) is 0.701. The number of pyridine rings is 1. The molecule has 0 saturated carbocycles. The third kappa shape index (κ3) is 1.47. The van der Waals surface area contributed by atoms with Crippen molar-refractivity contribution >= 4 is 12.2 Å². The van der Waals surface area contributed by atoms with Crippen molar-refractivity contribution < 1.29 is 9.53 Å². The molecule has 2 heterocycles. The van der Waals surface area contributed by atoms with Crippen molar-refractivity contribution in [2.75, 3.05) is 11.9 Å². The van der Waals surface area contributed by atoms with Crippen LogP contribution in [0, 0.1) is 0 Å². The van der Waals surface area contributed by atoms with Gasteiger partial charge in [-0.3, -0.25) is 4.79 Å². The molecule has 0 atom stereocenters. The van der Waals surface area contributed by atoms with Crippen LogP contribution in [0.25, 0.3) is 0 Å². The summed E-state index contributed by atoms with van der Waals surface area (Å²) in [6, 6.07) is 1.92. The van der Waals surface area contributed by atoms with E-state index in [4.69, 9.17) is 4.74 Å². The van der Waals surface area contributed by atoms with Crippen molar-refractivity contribution in [1.82, 2.24) is 4.98 Å².